The van der Waals surface area contributed by atoms with E-state index >= 15 is 0 Å². The minimum Gasteiger partial charge on any atom is -0.451 e. The number of amides is 2. The van der Waals surface area contributed by atoms with Crippen molar-refractivity contribution >= 4 is 46.4 Å². The molecule has 0 radical (unpaired) electrons. The summed E-state index contributed by atoms with van der Waals surface area (Å²) in [6.07, 6.45) is -1.01. The van der Waals surface area contributed by atoms with Gasteiger partial charge in [-0.3, -0.25) is 9.59 Å². The molecule has 6 nitrogen and oxygen atoms in total. The van der Waals surface area contributed by atoms with Gasteiger partial charge in [-0.1, -0.05) is 17.7 Å². The zero-order valence-electron chi connectivity index (χ0n) is 13.6. The van der Waals surface area contributed by atoms with Gasteiger partial charge in [-0.25, -0.2) is 4.79 Å². The number of hydrogen-bond acceptors (Lipinski definition) is 5. The maximum Gasteiger partial charge on any atom is 0.329 e. The Morgan fingerprint density at radius 1 is 1.12 bits per heavy atom. The van der Waals surface area contributed by atoms with Crippen LogP contribution in [0, 0.1) is 0 Å². The Balaban J connectivity index is 1.84. The summed E-state index contributed by atoms with van der Waals surface area (Å²) in [4.78, 5) is 36.5. The molecule has 132 valence electrons. The summed E-state index contributed by atoms with van der Waals surface area (Å²) in [6, 6.07) is 9.07. The summed E-state index contributed by atoms with van der Waals surface area (Å²) in [7, 11) is 0. The number of halogens is 1. The number of carbonyl (C=O) groups is 3. The van der Waals surface area contributed by atoms with E-state index in [1.807, 2.05) is 0 Å². The number of anilines is 1. The van der Waals surface area contributed by atoms with Gasteiger partial charge < -0.3 is 15.4 Å². The first-order valence-corrected chi connectivity index (χ1v) is 8.74. The lowest BCUT2D eigenvalue weighted by Crippen LogP contribution is -2.42. The molecule has 2 rings (SSSR count). The van der Waals surface area contributed by atoms with Gasteiger partial charge in [0.15, 0.2) is 6.10 Å². The van der Waals surface area contributed by atoms with Crippen molar-refractivity contribution in [2.24, 2.45) is 0 Å². The van der Waals surface area contributed by atoms with Gasteiger partial charge in [0, 0.05) is 10.7 Å². The summed E-state index contributed by atoms with van der Waals surface area (Å²) in [5.41, 5.74) is 0.538. The molecule has 0 spiro atoms. The first-order valence-electron chi connectivity index (χ1n) is 7.48. The maximum absolute atomic E-state index is 12.1. The molecule has 0 saturated heterocycles. The molecular formula is C17H17ClN2O4S. The molecule has 25 heavy (non-hydrogen) atoms. The molecule has 2 amide bonds. The minimum absolute atomic E-state index is 0.363. The lowest BCUT2D eigenvalue weighted by molar-refractivity contribution is -0.154. The van der Waals surface area contributed by atoms with Crippen molar-refractivity contribution in [2.75, 3.05) is 5.32 Å². The van der Waals surface area contributed by atoms with Crippen LogP contribution in [-0.4, -0.2) is 29.9 Å². The Bertz CT molecular complexity index is 747. The van der Waals surface area contributed by atoms with Crippen molar-refractivity contribution in [1.29, 1.82) is 0 Å². The number of nitrogens with one attached hydrogen (secondary N) is 2. The summed E-state index contributed by atoms with van der Waals surface area (Å²) in [5, 5.41) is 7.46. The van der Waals surface area contributed by atoms with E-state index < -0.39 is 24.0 Å². The largest absolute Gasteiger partial charge is 0.451 e. The second-order valence-electron chi connectivity index (χ2n) is 5.25. The minimum atomic E-state index is -1.01. The van der Waals surface area contributed by atoms with Crippen molar-refractivity contribution in [3.05, 3.63) is 51.7 Å². The Morgan fingerprint density at radius 3 is 2.40 bits per heavy atom. The molecule has 2 N–H and O–H groups in total. The van der Waals surface area contributed by atoms with Crippen LogP contribution in [0.3, 0.4) is 0 Å². The molecule has 0 bridgehead atoms. The molecule has 2 unspecified atom stereocenters. The van der Waals surface area contributed by atoms with E-state index in [9.17, 15) is 14.4 Å². The number of hydrogen-bond donors (Lipinski definition) is 2. The topological polar surface area (TPSA) is 84.5 Å². The highest BCUT2D eigenvalue weighted by atomic mass is 35.5. The van der Waals surface area contributed by atoms with Crippen LogP contribution in [0.2, 0.25) is 5.02 Å². The van der Waals surface area contributed by atoms with E-state index in [0.717, 1.165) is 0 Å². The molecule has 0 aliphatic heterocycles. The third-order valence-corrected chi connectivity index (χ3v) is 4.34. The van der Waals surface area contributed by atoms with Crippen LogP contribution in [0.4, 0.5) is 5.69 Å². The standard InChI is InChI=1S/C17H17ClN2O4S/c1-10(19-16(22)14-4-3-9-25-14)17(23)24-11(2)15(21)20-13-7-5-12(18)6-8-13/h3-11H,1-2H3,(H,19,22)(H,20,21). The van der Waals surface area contributed by atoms with Gasteiger partial charge in [0.1, 0.15) is 6.04 Å². The van der Waals surface area contributed by atoms with E-state index in [4.69, 9.17) is 16.3 Å². The average molecular weight is 381 g/mol. The van der Waals surface area contributed by atoms with Crippen molar-refractivity contribution in [3.8, 4) is 0 Å². The van der Waals surface area contributed by atoms with Crippen LogP contribution in [0.5, 0.6) is 0 Å². The Labute approximate surface area is 154 Å². The van der Waals surface area contributed by atoms with Gasteiger partial charge in [-0.2, -0.15) is 0 Å². The summed E-state index contributed by atoms with van der Waals surface area (Å²) < 4.78 is 5.10. The number of rotatable bonds is 6. The van der Waals surface area contributed by atoms with Gasteiger partial charge in [-0.15, -0.1) is 11.3 Å². The van der Waals surface area contributed by atoms with E-state index in [0.29, 0.717) is 15.6 Å². The van der Waals surface area contributed by atoms with E-state index in [-0.39, 0.29) is 5.91 Å². The lowest BCUT2D eigenvalue weighted by Gasteiger charge is -2.17. The van der Waals surface area contributed by atoms with Crippen molar-refractivity contribution < 1.29 is 19.1 Å². The predicted octanol–water partition coefficient (Wildman–Crippen LogP) is 3.09. The zero-order chi connectivity index (χ0) is 18.4. The number of benzene rings is 1. The van der Waals surface area contributed by atoms with Crippen LogP contribution in [-0.2, 0) is 14.3 Å². The molecule has 0 fully saturated rings. The van der Waals surface area contributed by atoms with Crippen molar-refractivity contribution in [1.82, 2.24) is 5.32 Å². The SMILES string of the molecule is CC(NC(=O)c1cccs1)C(=O)OC(C)C(=O)Nc1ccc(Cl)cc1. The number of esters is 1. The maximum atomic E-state index is 12.1. The van der Waals surface area contributed by atoms with Crippen LogP contribution in [0.25, 0.3) is 0 Å². The molecule has 1 heterocycles. The monoisotopic (exact) mass is 380 g/mol. The third-order valence-electron chi connectivity index (χ3n) is 3.22. The smallest absolute Gasteiger partial charge is 0.329 e. The highest BCUT2D eigenvalue weighted by molar-refractivity contribution is 7.12. The Morgan fingerprint density at radius 2 is 1.80 bits per heavy atom. The fourth-order valence-electron chi connectivity index (χ4n) is 1.84. The summed E-state index contributed by atoms with van der Waals surface area (Å²) in [5.74, 6) is -1.53. The highest BCUT2D eigenvalue weighted by Gasteiger charge is 2.23. The molecule has 0 aliphatic rings. The van der Waals surface area contributed by atoms with Gasteiger partial charge in [0.25, 0.3) is 11.8 Å². The molecular weight excluding hydrogens is 364 g/mol. The molecule has 8 heteroatoms. The normalized spacial score (nSPS) is 12.8. The molecule has 0 saturated carbocycles. The first kappa shape index (κ1) is 19.0. The predicted molar refractivity (Wildman–Crippen MR) is 96.9 cm³/mol. The summed E-state index contributed by atoms with van der Waals surface area (Å²) in [6.45, 7) is 2.95. The van der Waals surface area contributed by atoms with Gasteiger partial charge in [0.05, 0.1) is 4.88 Å². The second-order valence-corrected chi connectivity index (χ2v) is 6.63. The second kappa shape index (κ2) is 8.64. The fraction of sp³-hybridized carbons (Fsp3) is 0.235. The van der Waals surface area contributed by atoms with Crippen LogP contribution < -0.4 is 10.6 Å². The average Bonchev–Trinajstić information content (AvgIpc) is 3.11. The van der Waals surface area contributed by atoms with Crippen LogP contribution >= 0.6 is 22.9 Å². The van der Waals surface area contributed by atoms with Crippen LogP contribution in [0.1, 0.15) is 23.5 Å². The van der Waals surface area contributed by atoms with Crippen LogP contribution in [0.15, 0.2) is 41.8 Å². The Kier molecular flexibility index (Phi) is 6.55. The lowest BCUT2D eigenvalue weighted by atomic mass is 10.3. The molecule has 2 atom stereocenters. The van der Waals surface area contributed by atoms with E-state index in [2.05, 4.69) is 10.6 Å². The molecule has 1 aromatic carbocycles. The first-order chi connectivity index (χ1) is 11.9. The van der Waals surface area contributed by atoms with Crippen molar-refractivity contribution in [3.63, 3.8) is 0 Å². The zero-order valence-corrected chi connectivity index (χ0v) is 15.2. The fourth-order valence-corrected chi connectivity index (χ4v) is 2.59. The number of ether oxygens (including phenoxy) is 1. The number of thiophene rings is 1. The molecule has 2 aromatic rings. The number of carbonyl (C=O) groups excluding carboxylic acids is 3. The molecule has 1 aromatic heterocycles. The van der Waals surface area contributed by atoms with Gasteiger partial charge in [0.2, 0.25) is 0 Å². The molecule has 0 aliphatic carbocycles. The Hall–Kier alpha value is -2.38. The van der Waals surface area contributed by atoms with Crippen molar-refractivity contribution in [2.45, 2.75) is 26.0 Å². The van der Waals surface area contributed by atoms with E-state index in [1.54, 1.807) is 41.8 Å². The van der Waals surface area contributed by atoms with Gasteiger partial charge >= 0.3 is 5.97 Å². The van der Waals surface area contributed by atoms with E-state index in [1.165, 1.54) is 25.2 Å². The third kappa shape index (κ3) is 5.58. The highest BCUT2D eigenvalue weighted by Crippen LogP contribution is 2.14. The quantitative estimate of drug-likeness (QED) is 0.754. The van der Waals surface area contributed by atoms with Gasteiger partial charge in [-0.05, 0) is 49.6 Å². The summed E-state index contributed by atoms with van der Waals surface area (Å²) >= 11 is 7.05.